The molecule has 4 nitrogen and oxygen atoms in total. The SMILES string of the molecule is CCNC(Cc1ncnn1C(C)C)c1ccc(I)c(Cl)c1. The summed E-state index contributed by atoms with van der Waals surface area (Å²) in [6, 6.07) is 6.70. The van der Waals surface area contributed by atoms with E-state index in [-0.39, 0.29) is 6.04 Å². The third-order valence-electron chi connectivity index (χ3n) is 3.32. The van der Waals surface area contributed by atoms with Crippen molar-refractivity contribution in [3.63, 3.8) is 0 Å². The smallest absolute Gasteiger partial charge is 0.138 e. The van der Waals surface area contributed by atoms with Crippen LogP contribution in [-0.2, 0) is 6.42 Å². The van der Waals surface area contributed by atoms with Crippen LogP contribution in [0.25, 0.3) is 0 Å². The molecule has 0 radical (unpaired) electrons. The number of hydrogen-bond acceptors (Lipinski definition) is 3. The lowest BCUT2D eigenvalue weighted by Gasteiger charge is -2.19. The van der Waals surface area contributed by atoms with Crippen molar-refractivity contribution in [1.82, 2.24) is 20.1 Å². The first kappa shape index (κ1) is 16.7. The molecule has 0 saturated carbocycles. The Bertz CT molecular complexity index is 597. The molecule has 1 aromatic heterocycles. The summed E-state index contributed by atoms with van der Waals surface area (Å²) >= 11 is 8.50. The zero-order chi connectivity index (χ0) is 15.4. The first-order valence-corrected chi connectivity index (χ1v) is 8.55. The van der Waals surface area contributed by atoms with Gasteiger partial charge in [0.15, 0.2) is 0 Å². The van der Waals surface area contributed by atoms with Crippen LogP contribution in [0.3, 0.4) is 0 Å². The zero-order valence-electron chi connectivity index (χ0n) is 12.5. The van der Waals surface area contributed by atoms with Gasteiger partial charge < -0.3 is 5.32 Å². The summed E-state index contributed by atoms with van der Waals surface area (Å²) in [7, 11) is 0. The second-order valence-corrected chi connectivity index (χ2v) is 6.77. The van der Waals surface area contributed by atoms with Gasteiger partial charge in [-0.25, -0.2) is 9.67 Å². The van der Waals surface area contributed by atoms with Gasteiger partial charge >= 0.3 is 0 Å². The molecule has 21 heavy (non-hydrogen) atoms. The van der Waals surface area contributed by atoms with E-state index in [9.17, 15) is 0 Å². The highest BCUT2D eigenvalue weighted by Crippen LogP contribution is 2.25. The topological polar surface area (TPSA) is 42.7 Å². The molecule has 0 amide bonds. The first-order valence-electron chi connectivity index (χ1n) is 7.09. The molecule has 1 aromatic carbocycles. The molecule has 2 rings (SSSR count). The summed E-state index contributed by atoms with van der Waals surface area (Å²) in [4.78, 5) is 4.40. The van der Waals surface area contributed by atoms with E-state index in [1.807, 2.05) is 10.7 Å². The molecule has 1 unspecified atom stereocenters. The lowest BCUT2D eigenvalue weighted by molar-refractivity contribution is 0.468. The van der Waals surface area contributed by atoms with E-state index in [2.05, 4.69) is 70.9 Å². The van der Waals surface area contributed by atoms with Crippen molar-refractivity contribution < 1.29 is 0 Å². The van der Waals surface area contributed by atoms with Crippen LogP contribution in [0, 0.1) is 3.57 Å². The van der Waals surface area contributed by atoms with E-state index >= 15 is 0 Å². The number of benzene rings is 1. The molecule has 0 aliphatic carbocycles. The second kappa shape index (κ2) is 7.56. The number of halogens is 2. The van der Waals surface area contributed by atoms with Gasteiger partial charge in [-0.3, -0.25) is 0 Å². The molecule has 114 valence electrons. The minimum absolute atomic E-state index is 0.186. The van der Waals surface area contributed by atoms with Gasteiger partial charge in [0.2, 0.25) is 0 Å². The van der Waals surface area contributed by atoms with E-state index < -0.39 is 0 Å². The Morgan fingerprint density at radius 3 is 2.76 bits per heavy atom. The lowest BCUT2D eigenvalue weighted by atomic mass is 10.0. The molecule has 0 spiro atoms. The number of nitrogens with zero attached hydrogens (tertiary/aromatic N) is 3. The molecule has 0 saturated heterocycles. The molecule has 0 aliphatic rings. The van der Waals surface area contributed by atoms with E-state index in [1.54, 1.807) is 6.33 Å². The molecular formula is C15H20ClIN4. The number of likely N-dealkylation sites (N-methyl/N-ethyl adjacent to an activating group) is 1. The highest BCUT2D eigenvalue weighted by Gasteiger charge is 2.17. The Balaban J connectivity index is 2.26. The van der Waals surface area contributed by atoms with Crippen molar-refractivity contribution in [2.24, 2.45) is 0 Å². The van der Waals surface area contributed by atoms with Gasteiger partial charge in [0, 0.05) is 22.1 Å². The molecule has 1 N–H and O–H groups in total. The monoisotopic (exact) mass is 418 g/mol. The average molecular weight is 419 g/mol. The van der Waals surface area contributed by atoms with Gasteiger partial charge in [-0.1, -0.05) is 24.6 Å². The third kappa shape index (κ3) is 4.17. The molecular weight excluding hydrogens is 399 g/mol. The van der Waals surface area contributed by atoms with Crippen molar-refractivity contribution in [2.45, 2.75) is 39.3 Å². The van der Waals surface area contributed by atoms with Crippen LogP contribution >= 0.6 is 34.2 Å². The second-order valence-electron chi connectivity index (χ2n) is 5.20. The van der Waals surface area contributed by atoms with Crippen LogP contribution in [0.4, 0.5) is 0 Å². The van der Waals surface area contributed by atoms with Crippen LogP contribution in [0.2, 0.25) is 5.02 Å². The van der Waals surface area contributed by atoms with Crippen molar-refractivity contribution >= 4 is 34.2 Å². The van der Waals surface area contributed by atoms with Gasteiger partial charge in [0.1, 0.15) is 12.2 Å². The fourth-order valence-corrected chi connectivity index (χ4v) is 2.84. The fraction of sp³-hybridized carbons (Fsp3) is 0.467. The quantitative estimate of drug-likeness (QED) is 0.721. The Labute approximate surface area is 144 Å². The minimum atomic E-state index is 0.186. The van der Waals surface area contributed by atoms with Crippen LogP contribution in [0.5, 0.6) is 0 Å². The molecule has 1 heterocycles. The normalized spacial score (nSPS) is 12.9. The van der Waals surface area contributed by atoms with E-state index in [0.29, 0.717) is 6.04 Å². The third-order valence-corrected chi connectivity index (χ3v) is 4.89. The van der Waals surface area contributed by atoms with Gasteiger partial charge in [0.05, 0.1) is 5.02 Å². The van der Waals surface area contributed by atoms with Gasteiger partial charge in [-0.05, 0) is 60.7 Å². The van der Waals surface area contributed by atoms with Crippen LogP contribution in [0.15, 0.2) is 24.5 Å². The molecule has 0 bridgehead atoms. The fourth-order valence-electron chi connectivity index (χ4n) is 2.32. The summed E-state index contributed by atoms with van der Waals surface area (Å²) in [6.45, 7) is 7.23. The standard InChI is InChI=1S/C15H20ClIN4/c1-4-18-14(11-5-6-13(17)12(16)7-11)8-15-19-9-20-21(15)10(2)3/h5-7,9-10,14,18H,4,8H2,1-3H3. The van der Waals surface area contributed by atoms with Crippen molar-refractivity contribution in [2.75, 3.05) is 6.54 Å². The number of hydrogen-bond donors (Lipinski definition) is 1. The largest absolute Gasteiger partial charge is 0.310 e. The van der Waals surface area contributed by atoms with Gasteiger partial charge in [0.25, 0.3) is 0 Å². The minimum Gasteiger partial charge on any atom is -0.310 e. The maximum absolute atomic E-state index is 6.25. The zero-order valence-corrected chi connectivity index (χ0v) is 15.4. The van der Waals surface area contributed by atoms with Crippen LogP contribution in [-0.4, -0.2) is 21.3 Å². The highest BCUT2D eigenvalue weighted by molar-refractivity contribution is 14.1. The summed E-state index contributed by atoms with van der Waals surface area (Å²) in [5.74, 6) is 0.991. The molecule has 0 aliphatic heterocycles. The van der Waals surface area contributed by atoms with E-state index in [0.717, 1.165) is 27.4 Å². The maximum atomic E-state index is 6.25. The predicted molar refractivity (Wildman–Crippen MR) is 94.7 cm³/mol. The molecule has 6 heteroatoms. The number of rotatable bonds is 6. The van der Waals surface area contributed by atoms with Crippen molar-refractivity contribution in [1.29, 1.82) is 0 Å². The van der Waals surface area contributed by atoms with E-state index in [1.165, 1.54) is 5.56 Å². The Hall–Kier alpha value is -0.660. The van der Waals surface area contributed by atoms with Gasteiger partial charge in [-0.2, -0.15) is 5.10 Å². The summed E-state index contributed by atoms with van der Waals surface area (Å²) in [5, 5.41) is 8.61. The average Bonchev–Trinajstić information content (AvgIpc) is 2.90. The Kier molecular flexibility index (Phi) is 6.01. The lowest BCUT2D eigenvalue weighted by Crippen LogP contribution is -2.25. The van der Waals surface area contributed by atoms with E-state index in [4.69, 9.17) is 11.6 Å². The molecule has 0 fully saturated rings. The Morgan fingerprint density at radius 2 is 2.14 bits per heavy atom. The Morgan fingerprint density at radius 1 is 1.38 bits per heavy atom. The van der Waals surface area contributed by atoms with Crippen LogP contribution < -0.4 is 5.32 Å². The first-order chi connectivity index (χ1) is 10.0. The molecule has 1 atom stereocenters. The predicted octanol–water partition coefficient (Wildman–Crippen LogP) is 4.01. The molecule has 2 aromatic rings. The highest BCUT2D eigenvalue weighted by atomic mass is 127. The van der Waals surface area contributed by atoms with Crippen molar-refractivity contribution in [3.8, 4) is 0 Å². The van der Waals surface area contributed by atoms with Gasteiger partial charge in [-0.15, -0.1) is 0 Å². The summed E-state index contributed by atoms with van der Waals surface area (Å²) < 4.78 is 3.04. The van der Waals surface area contributed by atoms with Crippen LogP contribution in [0.1, 0.15) is 44.2 Å². The summed E-state index contributed by atoms with van der Waals surface area (Å²) in [6.07, 6.45) is 2.42. The number of nitrogens with one attached hydrogen (secondary N) is 1. The maximum Gasteiger partial charge on any atom is 0.138 e. The summed E-state index contributed by atoms with van der Waals surface area (Å²) in [5.41, 5.74) is 1.18. The van der Waals surface area contributed by atoms with Crippen molar-refractivity contribution in [3.05, 3.63) is 44.5 Å². The number of aromatic nitrogens is 3.